The Bertz CT molecular complexity index is 577. The summed E-state index contributed by atoms with van der Waals surface area (Å²) in [6.45, 7) is 4.08. The molecule has 2 atom stereocenters. The molecule has 0 bridgehead atoms. The van der Waals surface area contributed by atoms with Crippen molar-refractivity contribution in [3.8, 4) is 0 Å². The summed E-state index contributed by atoms with van der Waals surface area (Å²) >= 11 is 5.15. The highest BCUT2D eigenvalue weighted by Crippen LogP contribution is 2.37. The van der Waals surface area contributed by atoms with Gasteiger partial charge < -0.3 is 5.73 Å². The molecular formula is C15H18BrN3S. The standard InChI is InChI=1S/C15H18BrN3S/c1-3-13(17)14(11-5-4-6-12(16)9-11)20-15-18-8-7-10(2)19-15/h4-9,13-14H,3,17H2,1-2H3. The summed E-state index contributed by atoms with van der Waals surface area (Å²) in [6.07, 6.45) is 2.70. The Labute approximate surface area is 132 Å². The maximum Gasteiger partial charge on any atom is 0.188 e. The van der Waals surface area contributed by atoms with Crippen molar-refractivity contribution in [1.82, 2.24) is 9.97 Å². The van der Waals surface area contributed by atoms with Gasteiger partial charge in [-0.2, -0.15) is 0 Å². The lowest BCUT2D eigenvalue weighted by molar-refractivity contribution is 0.632. The molecule has 0 aliphatic heterocycles. The van der Waals surface area contributed by atoms with E-state index in [0.717, 1.165) is 21.7 Å². The van der Waals surface area contributed by atoms with Gasteiger partial charge in [0, 0.05) is 22.4 Å². The minimum absolute atomic E-state index is 0.0680. The lowest BCUT2D eigenvalue weighted by Gasteiger charge is -2.22. The maximum absolute atomic E-state index is 6.29. The number of nitrogens with zero attached hydrogens (tertiary/aromatic N) is 2. The summed E-state index contributed by atoms with van der Waals surface area (Å²) < 4.78 is 1.06. The van der Waals surface area contributed by atoms with Crippen LogP contribution in [0.25, 0.3) is 0 Å². The van der Waals surface area contributed by atoms with E-state index in [-0.39, 0.29) is 11.3 Å². The van der Waals surface area contributed by atoms with Crippen LogP contribution in [0.5, 0.6) is 0 Å². The fraction of sp³-hybridized carbons (Fsp3) is 0.333. The molecule has 0 saturated carbocycles. The number of rotatable bonds is 5. The van der Waals surface area contributed by atoms with Gasteiger partial charge in [0.1, 0.15) is 0 Å². The summed E-state index contributed by atoms with van der Waals surface area (Å²) in [4.78, 5) is 8.79. The van der Waals surface area contributed by atoms with E-state index in [9.17, 15) is 0 Å². The Morgan fingerprint density at radius 3 is 2.80 bits per heavy atom. The summed E-state index contributed by atoms with van der Waals surface area (Å²) in [7, 11) is 0. The van der Waals surface area contributed by atoms with Crippen LogP contribution in [0.3, 0.4) is 0 Å². The molecule has 5 heteroatoms. The van der Waals surface area contributed by atoms with Crippen LogP contribution in [-0.4, -0.2) is 16.0 Å². The van der Waals surface area contributed by atoms with Crippen LogP contribution in [0.4, 0.5) is 0 Å². The summed E-state index contributed by atoms with van der Waals surface area (Å²) in [5, 5.41) is 0.929. The van der Waals surface area contributed by atoms with Crippen LogP contribution in [-0.2, 0) is 0 Å². The quantitative estimate of drug-likeness (QED) is 0.650. The van der Waals surface area contributed by atoms with E-state index in [2.05, 4.69) is 45.0 Å². The molecular weight excluding hydrogens is 334 g/mol. The third-order valence-corrected chi connectivity index (χ3v) is 4.82. The Balaban J connectivity index is 2.29. The molecule has 2 rings (SSSR count). The smallest absolute Gasteiger partial charge is 0.188 e. The van der Waals surface area contributed by atoms with Crippen molar-refractivity contribution in [2.45, 2.75) is 36.7 Å². The summed E-state index contributed by atoms with van der Waals surface area (Å²) in [6, 6.07) is 10.2. The minimum atomic E-state index is 0.0680. The molecule has 1 aromatic carbocycles. The Hall–Kier alpha value is -0.910. The fourth-order valence-electron chi connectivity index (χ4n) is 1.90. The SMILES string of the molecule is CCC(N)C(Sc1nccc(C)n1)c1cccc(Br)c1. The number of halogens is 1. The third kappa shape index (κ3) is 4.04. The van der Waals surface area contributed by atoms with Crippen LogP contribution in [0, 0.1) is 6.92 Å². The van der Waals surface area contributed by atoms with E-state index >= 15 is 0 Å². The number of hydrogen-bond acceptors (Lipinski definition) is 4. The Morgan fingerprint density at radius 2 is 2.15 bits per heavy atom. The molecule has 20 heavy (non-hydrogen) atoms. The van der Waals surface area contributed by atoms with Gasteiger partial charge in [-0.15, -0.1) is 0 Å². The van der Waals surface area contributed by atoms with Crippen molar-refractivity contribution in [1.29, 1.82) is 0 Å². The first-order valence-corrected chi connectivity index (χ1v) is 8.24. The third-order valence-electron chi connectivity index (χ3n) is 3.04. The average Bonchev–Trinajstić information content (AvgIpc) is 2.44. The number of thioether (sulfide) groups is 1. The molecule has 2 aromatic rings. The number of hydrogen-bond donors (Lipinski definition) is 1. The normalized spacial score (nSPS) is 14.0. The molecule has 0 spiro atoms. The highest BCUT2D eigenvalue weighted by Gasteiger charge is 2.21. The zero-order valence-electron chi connectivity index (χ0n) is 11.6. The molecule has 0 aliphatic carbocycles. The maximum atomic E-state index is 6.29. The Kier molecular flexibility index (Phi) is 5.57. The zero-order chi connectivity index (χ0) is 14.5. The van der Waals surface area contributed by atoms with Gasteiger partial charge in [0.25, 0.3) is 0 Å². The predicted octanol–water partition coefficient (Wildman–Crippen LogP) is 4.12. The molecule has 0 saturated heterocycles. The monoisotopic (exact) mass is 351 g/mol. The van der Waals surface area contributed by atoms with Gasteiger partial charge >= 0.3 is 0 Å². The van der Waals surface area contributed by atoms with Gasteiger partial charge in [0.2, 0.25) is 0 Å². The largest absolute Gasteiger partial charge is 0.326 e. The van der Waals surface area contributed by atoms with Crippen molar-refractivity contribution < 1.29 is 0 Å². The predicted molar refractivity (Wildman–Crippen MR) is 87.8 cm³/mol. The molecule has 0 aliphatic rings. The van der Waals surface area contributed by atoms with Crippen LogP contribution in [0.2, 0.25) is 0 Å². The van der Waals surface area contributed by atoms with Gasteiger partial charge in [-0.3, -0.25) is 0 Å². The topological polar surface area (TPSA) is 51.8 Å². The molecule has 2 unspecified atom stereocenters. The van der Waals surface area contributed by atoms with Gasteiger partial charge in [0.05, 0.1) is 5.25 Å². The first kappa shape index (κ1) is 15.5. The first-order chi connectivity index (χ1) is 9.60. The van der Waals surface area contributed by atoms with Gasteiger partial charge in [-0.1, -0.05) is 46.7 Å². The van der Waals surface area contributed by atoms with E-state index in [1.165, 1.54) is 5.56 Å². The minimum Gasteiger partial charge on any atom is -0.326 e. The van der Waals surface area contributed by atoms with Crippen LogP contribution in [0.15, 0.2) is 46.2 Å². The van der Waals surface area contributed by atoms with Gasteiger partial charge in [-0.25, -0.2) is 9.97 Å². The molecule has 3 nitrogen and oxygen atoms in total. The summed E-state index contributed by atoms with van der Waals surface area (Å²) in [5.74, 6) is 0. The molecule has 1 aromatic heterocycles. The molecule has 1 heterocycles. The second-order valence-corrected chi connectivity index (χ2v) is 6.67. The fourth-order valence-corrected chi connectivity index (χ4v) is 3.51. The number of aromatic nitrogens is 2. The lowest BCUT2D eigenvalue weighted by Crippen LogP contribution is -2.25. The van der Waals surface area contributed by atoms with Crippen LogP contribution < -0.4 is 5.73 Å². The lowest BCUT2D eigenvalue weighted by atomic mass is 10.0. The van der Waals surface area contributed by atoms with Crippen molar-refractivity contribution in [3.63, 3.8) is 0 Å². The average molecular weight is 352 g/mol. The second-order valence-electron chi connectivity index (χ2n) is 4.65. The van der Waals surface area contributed by atoms with Crippen molar-refractivity contribution >= 4 is 27.7 Å². The molecule has 106 valence electrons. The van der Waals surface area contributed by atoms with Crippen molar-refractivity contribution in [2.75, 3.05) is 0 Å². The number of nitrogens with two attached hydrogens (primary N) is 1. The molecule has 0 amide bonds. The highest BCUT2D eigenvalue weighted by atomic mass is 79.9. The number of aryl methyl sites for hydroxylation is 1. The molecule has 0 fully saturated rings. The van der Waals surface area contributed by atoms with E-state index < -0.39 is 0 Å². The van der Waals surface area contributed by atoms with E-state index in [4.69, 9.17) is 5.73 Å². The van der Waals surface area contributed by atoms with Crippen LogP contribution >= 0.6 is 27.7 Å². The van der Waals surface area contributed by atoms with Gasteiger partial charge in [-0.05, 0) is 37.1 Å². The number of benzene rings is 1. The second kappa shape index (κ2) is 7.20. The first-order valence-electron chi connectivity index (χ1n) is 6.57. The van der Waals surface area contributed by atoms with Crippen molar-refractivity contribution in [3.05, 3.63) is 52.3 Å². The van der Waals surface area contributed by atoms with E-state index in [0.29, 0.717) is 0 Å². The van der Waals surface area contributed by atoms with Crippen molar-refractivity contribution in [2.24, 2.45) is 5.73 Å². The van der Waals surface area contributed by atoms with Crippen LogP contribution in [0.1, 0.15) is 29.9 Å². The van der Waals surface area contributed by atoms with E-state index in [1.54, 1.807) is 18.0 Å². The zero-order valence-corrected chi connectivity index (χ0v) is 14.0. The summed E-state index contributed by atoms with van der Waals surface area (Å²) in [5.41, 5.74) is 8.46. The molecule has 0 radical (unpaired) electrons. The Morgan fingerprint density at radius 1 is 1.35 bits per heavy atom. The molecule has 2 N–H and O–H groups in total. The van der Waals surface area contributed by atoms with Gasteiger partial charge in [0.15, 0.2) is 5.16 Å². The van der Waals surface area contributed by atoms with E-state index in [1.807, 2.05) is 25.1 Å². The highest BCUT2D eigenvalue weighted by molar-refractivity contribution is 9.10.